The van der Waals surface area contributed by atoms with Crippen LogP contribution in [0.5, 0.6) is 0 Å². The summed E-state index contributed by atoms with van der Waals surface area (Å²) in [6.07, 6.45) is 7.56. The van der Waals surface area contributed by atoms with E-state index in [1.807, 2.05) is 0 Å². The molecular weight excluding hydrogens is 489 g/mol. The van der Waals surface area contributed by atoms with E-state index in [0.29, 0.717) is 0 Å². The molecule has 0 unspecified atom stereocenters. The van der Waals surface area contributed by atoms with Crippen molar-refractivity contribution in [3.05, 3.63) is 22.1 Å². The molecule has 50 valence electrons. The molecule has 0 heterocycles. The minimum atomic E-state index is 0. The molecule has 0 saturated carbocycles. The summed E-state index contributed by atoms with van der Waals surface area (Å²) in [5.74, 6) is 0. The predicted octanol–water partition coefficient (Wildman–Crippen LogP) is -7.61. The molecule has 4 heteroatoms. The molecule has 0 N–H and O–H groups in total. The molecule has 0 bridgehead atoms. The molecular formula is C5H5I3Ti. The second-order valence-electron chi connectivity index (χ2n) is 1.32. The van der Waals surface area contributed by atoms with Crippen LogP contribution in [0.2, 0.25) is 0 Å². The van der Waals surface area contributed by atoms with Gasteiger partial charge in [0.05, 0.1) is 0 Å². The van der Waals surface area contributed by atoms with E-state index in [-0.39, 0.29) is 71.9 Å². The van der Waals surface area contributed by atoms with Crippen LogP contribution in [0.1, 0.15) is 6.42 Å². The van der Waals surface area contributed by atoms with Crippen molar-refractivity contribution in [3.63, 3.8) is 0 Å². The van der Waals surface area contributed by atoms with Gasteiger partial charge < -0.3 is 71.9 Å². The fraction of sp³-hybridized carbons (Fsp3) is 0.200. The molecule has 0 amide bonds. The molecule has 0 aromatic carbocycles. The van der Waals surface area contributed by atoms with Gasteiger partial charge in [0.25, 0.3) is 0 Å². The minimum absolute atomic E-state index is 0. The number of halogens is 3. The molecule has 0 nitrogen and oxygen atoms in total. The van der Waals surface area contributed by atoms with Gasteiger partial charge in [-0.2, -0.15) is 0 Å². The maximum atomic E-state index is 2.16. The Morgan fingerprint density at radius 2 is 1.78 bits per heavy atom. The van der Waals surface area contributed by atoms with Crippen molar-refractivity contribution < 1.29 is 92.4 Å². The SMILES string of the molecule is [I-].[I-].[I-].[Ti+3][C]1=CC=CC1. The van der Waals surface area contributed by atoms with Crippen molar-refractivity contribution in [2.75, 3.05) is 0 Å². The first-order valence-electron chi connectivity index (χ1n) is 1.97. The number of allylic oxidation sites excluding steroid dienone is 4. The van der Waals surface area contributed by atoms with Gasteiger partial charge in [0.1, 0.15) is 0 Å². The second-order valence-corrected chi connectivity index (χ2v) is 2.33. The van der Waals surface area contributed by atoms with Crippen molar-refractivity contribution in [2.24, 2.45) is 0 Å². The summed E-state index contributed by atoms with van der Waals surface area (Å²) in [6.45, 7) is 0. The van der Waals surface area contributed by atoms with E-state index in [0.717, 1.165) is 0 Å². The normalized spacial score (nSPS) is 12.4. The van der Waals surface area contributed by atoms with Gasteiger partial charge in [-0.05, 0) is 0 Å². The van der Waals surface area contributed by atoms with E-state index in [1.165, 1.54) is 10.3 Å². The summed E-state index contributed by atoms with van der Waals surface area (Å²) in [6, 6.07) is 0. The average molecular weight is 494 g/mol. The molecule has 0 aromatic rings. The molecule has 0 aromatic heterocycles. The van der Waals surface area contributed by atoms with E-state index in [2.05, 4.69) is 38.7 Å². The van der Waals surface area contributed by atoms with Crippen LogP contribution in [0.4, 0.5) is 0 Å². The fourth-order valence-corrected chi connectivity index (χ4v) is 0.782. The Bertz CT molecular complexity index is 109. The van der Waals surface area contributed by atoms with Gasteiger partial charge in [-0.15, -0.1) is 0 Å². The van der Waals surface area contributed by atoms with Crippen molar-refractivity contribution in [3.8, 4) is 0 Å². The molecule has 0 radical (unpaired) electrons. The summed E-state index contributed by atoms with van der Waals surface area (Å²) in [7, 11) is 0. The summed E-state index contributed by atoms with van der Waals surface area (Å²) in [5, 5.41) is 0. The van der Waals surface area contributed by atoms with Crippen molar-refractivity contribution >= 4 is 0 Å². The van der Waals surface area contributed by atoms with Crippen LogP contribution in [0.25, 0.3) is 0 Å². The predicted molar refractivity (Wildman–Crippen MR) is 21.8 cm³/mol. The van der Waals surface area contributed by atoms with Crippen molar-refractivity contribution in [1.82, 2.24) is 0 Å². The number of rotatable bonds is 0. The van der Waals surface area contributed by atoms with Crippen LogP contribution in [0.3, 0.4) is 0 Å². The van der Waals surface area contributed by atoms with Gasteiger partial charge >= 0.3 is 49.0 Å². The van der Waals surface area contributed by atoms with Gasteiger partial charge in [0, 0.05) is 0 Å². The van der Waals surface area contributed by atoms with Crippen molar-refractivity contribution in [2.45, 2.75) is 6.42 Å². The molecule has 1 rings (SSSR count). The zero-order chi connectivity index (χ0) is 4.41. The Labute approximate surface area is 119 Å². The van der Waals surface area contributed by atoms with Crippen LogP contribution in [-0.2, 0) is 20.4 Å². The van der Waals surface area contributed by atoms with Gasteiger partial charge in [-0.25, -0.2) is 0 Å². The van der Waals surface area contributed by atoms with E-state index in [9.17, 15) is 0 Å². The third kappa shape index (κ3) is 8.29. The Kier molecular flexibility index (Phi) is 20.1. The number of hydrogen-bond donors (Lipinski definition) is 0. The van der Waals surface area contributed by atoms with Crippen LogP contribution < -0.4 is 71.9 Å². The second kappa shape index (κ2) is 10.4. The maximum absolute atomic E-state index is 2.16. The van der Waals surface area contributed by atoms with Crippen LogP contribution in [0.15, 0.2) is 22.1 Å². The first-order valence-corrected chi connectivity index (χ1v) is 2.75. The molecule has 0 aliphatic heterocycles. The van der Waals surface area contributed by atoms with E-state index >= 15 is 0 Å². The van der Waals surface area contributed by atoms with E-state index in [4.69, 9.17) is 0 Å². The number of hydrogen-bond acceptors (Lipinski definition) is 0. The fourth-order valence-electron chi connectivity index (χ4n) is 0.447. The van der Waals surface area contributed by atoms with Crippen LogP contribution in [0, 0.1) is 0 Å². The first-order chi connectivity index (χ1) is 2.89. The average Bonchev–Trinajstić information content (AvgIpc) is 1.86. The molecule has 1 aliphatic carbocycles. The van der Waals surface area contributed by atoms with E-state index < -0.39 is 0 Å². The van der Waals surface area contributed by atoms with E-state index in [1.54, 1.807) is 0 Å². The standard InChI is InChI=1S/C5H5.3HI.Ti/c1-2-4-5-3-1;;;;/h1-3H,4H2;3*1H;/q;;;;+3/p-3. The Balaban J connectivity index is -0.000000120. The van der Waals surface area contributed by atoms with Gasteiger partial charge in [-0.1, -0.05) is 0 Å². The summed E-state index contributed by atoms with van der Waals surface area (Å²) in [5.41, 5.74) is 0. The van der Waals surface area contributed by atoms with Gasteiger partial charge in [-0.3, -0.25) is 0 Å². The summed E-state index contributed by atoms with van der Waals surface area (Å²) < 4.78 is 1.47. The third-order valence-corrected chi connectivity index (χ3v) is 1.35. The molecule has 0 spiro atoms. The van der Waals surface area contributed by atoms with Crippen LogP contribution in [-0.4, -0.2) is 0 Å². The Morgan fingerprint density at radius 3 is 1.89 bits per heavy atom. The summed E-state index contributed by atoms with van der Waals surface area (Å²) in [4.78, 5) is 0. The third-order valence-electron chi connectivity index (χ3n) is 0.771. The summed E-state index contributed by atoms with van der Waals surface area (Å²) >= 11 is 2.14. The van der Waals surface area contributed by atoms with Crippen molar-refractivity contribution in [1.29, 1.82) is 0 Å². The molecule has 9 heavy (non-hydrogen) atoms. The molecule has 0 atom stereocenters. The monoisotopic (exact) mass is 494 g/mol. The Morgan fingerprint density at radius 1 is 1.22 bits per heavy atom. The zero-order valence-electron chi connectivity index (χ0n) is 4.57. The first kappa shape index (κ1) is 17.5. The Hall–Kier alpha value is 2.38. The quantitative estimate of drug-likeness (QED) is 0.233. The molecule has 1 aliphatic rings. The van der Waals surface area contributed by atoms with Crippen LogP contribution >= 0.6 is 0 Å². The van der Waals surface area contributed by atoms with Gasteiger partial charge in [0.15, 0.2) is 0 Å². The topological polar surface area (TPSA) is 0 Å². The molecule has 0 saturated heterocycles. The molecule has 0 fully saturated rings. The van der Waals surface area contributed by atoms with Gasteiger partial charge in [0.2, 0.25) is 0 Å². The zero-order valence-corrected chi connectivity index (χ0v) is 12.6.